The first-order chi connectivity index (χ1) is 10.8. The average Bonchev–Trinajstić information content (AvgIpc) is 2.45. The summed E-state index contributed by atoms with van der Waals surface area (Å²) < 4.78 is 4.91. The van der Waals surface area contributed by atoms with Crippen LogP contribution in [0, 0.1) is 0 Å². The van der Waals surface area contributed by atoms with Crippen LogP contribution in [0.3, 0.4) is 0 Å². The number of hydrogen-bond acceptors (Lipinski definition) is 4. The molecule has 1 aromatic rings. The first-order valence-corrected chi connectivity index (χ1v) is 7.54. The molecular weight excluding hydrogens is 343 g/mol. The van der Waals surface area contributed by atoms with Gasteiger partial charge in [-0.15, -0.1) is 0 Å². The number of benzene rings is 1. The van der Waals surface area contributed by atoms with Crippen LogP contribution in [0.25, 0.3) is 0 Å². The number of alkyl carbamates (subject to hydrolysis) is 1. The van der Waals surface area contributed by atoms with Crippen molar-refractivity contribution in [1.29, 1.82) is 0 Å². The molecule has 0 aliphatic rings. The molecule has 0 aliphatic carbocycles. The molecule has 0 saturated carbocycles. The van der Waals surface area contributed by atoms with Gasteiger partial charge in [0.25, 0.3) is 0 Å². The van der Waals surface area contributed by atoms with Crippen molar-refractivity contribution in [3.8, 4) is 0 Å². The third-order valence-corrected chi connectivity index (χ3v) is 3.23. The second kappa shape index (κ2) is 9.22. The molecule has 0 aliphatic heterocycles. The van der Waals surface area contributed by atoms with E-state index in [9.17, 15) is 9.59 Å². The molecule has 1 rings (SSSR count). The van der Waals surface area contributed by atoms with Crippen molar-refractivity contribution in [1.82, 2.24) is 10.3 Å². The molecule has 0 bridgehead atoms. The van der Waals surface area contributed by atoms with E-state index in [-0.39, 0.29) is 19.2 Å². The van der Waals surface area contributed by atoms with Gasteiger partial charge in [0, 0.05) is 6.04 Å². The normalized spacial score (nSPS) is 10.8. The highest BCUT2D eigenvalue weighted by molar-refractivity contribution is 6.42. The number of nitrogens with one attached hydrogen (secondary N) is 1. The fourth-order valence-electron chi connectivity index (χ4n) is 1.46. The van der Waals surface area contributed by atoms with Crippen LogP contribution in [0.1, 0.15) is 19.4 Å². The van der Waals surface area contributed by atoms with Crippen LogP contribution in [0.5, 0.6) is 0 Å². The molecule has 1 aromatic carbocycles. The zero-order valence-corrected chi connectivity index (χ0v) is 14.3. The monoisotopic (exact) mass is 360 g/mol. The van der Waals surface area contributed by atoms with Gasteiger partial charge >= 0.3 is 12.1 Å². The van der Waals surface area contributed by atoms with Crippen molar-refractivity contribution in [2.75, 3.05) is 13.2 Å². The zero-order valence-electron chi connectivity index (χ0n) is 12.8. The second-order valence-corrected chi connectivity index (χ2v) is 5.63. The lowest BCUT2D eigenvalue weighted by molar-refractivity contribution is 0.130. The van der Waals surface area contributed by atoms with Crippen molar-refractivity contribution < 1.29 is 14.3 Å². The summed E-state index contributed by atoms with van der Waals surface area (Å²) in [4.78, 5) is 22.6. The average molecular weight is 361 g/mol. The molecule has 0 atom stereocenters. The van der Waals surface area contributed by atoms with Gasteiger partial charge in [0.2, 0.25) is 0 Å². The predicted octanol–water partition coefficient (Wildman–Crippen LogP) is 2.84. The van der Waals surface area contributed by atoms with Gasteiger partial charge in [0.15, 0.2) is 0 Å². The quantitative estimate of drug-likeness (QED) is 0.602. The maximum absolute atomic E-state index is 11.3. The van der Waals surface area contributed by atoms with Crippen molar-refractivity contribution in [3.05, 3.63) is 33.8 Å². The Labute approximate surface area is 144 Å². The van der Waals surface area contributed by atoms with Gasteiger partial charge in [-0.1, -0.05) is 29.3 Å². The number of urea groups is 1. The number of nitrogens with zero attached hydrogens (tertiary/aromatic N) is 2. The second-order valence-electron chi connectivity index (χ2n) is 4.81. The Morgan fingerprint density at radius 3 is 2.65 bits per heavy atom. The molecular formula is C14H18Cl2N4O3. The first kappa shape index (κ1) is 19.1. The number of amides is 3. The third-order valence-electron chi connectivity index (χ3n) is 2.49. The summed E-state index contributed by atoms with van der Waals surface area (Å²) in [6, 6.07) is 4.08. The van der Waals surface area contributed by atoms with Crippen molar-refractivity contribution in [2.45, 2.75) is 19.9 Å². The van der Waals surface area contributed by atoms with Crippen LogP contribution < -0.4 is 11.1 Å². The minimum absolute atomic E-state index is 0.0265. The van der Waals surface area contributed by atoms with E-state index in [4.69, 9.17) is 33.7 Å². The summed E-state index contributed by atoms with van der Waals surface area (Å²) in [5, 5.41) is 8.26. The highest BCUT2D eigenvalue weighted by Crippen LogP contribution is 2.21. The van der Waals surface area contributed by atoms with E-state index in [1.165, 1.54) is 6.21 Å². The first-order valence-electron chi connectivity index (χ1n) is 6.79. The van der Waals surface area contributed by atoms with Crippen molar-refractivity contribution in [3.63, 3.8) is 0 Å². The van der Waals surface area contributed by atoms with E-state index in [0.29, 0.717) is 15.6 Å². The number of hydrogen-bond donors (Lipinski definition) is 2. The van der Waals surface area contributed by atoms with Gasteiger partial charge in [-0.25, -0.2) is 14.6 Å². The summed E-state index contributed by atoms with van der Waals surface area (Å²) in [6.45, 7) is 3.59. The number of ether oxygens (including phenoxy) is 1. The molecule has 0 saturated heterocycles. The molecule has 7 nitrogen and oxygen atoms in total. The third kappa shape index (κ3) is 7.21. The highest BCUT2D eigenvalue weighted by Gasteiger charge is 2.10. The zero-order chi connectivity index (χ0) is 17.4. The number of nitrogens with two attached hydrogens (primary N) is 1. The maximum Gasteiger partial charge on any atom is 0.407 e. The van der Waals surface area contributed by atoms with Gasteiger partial charge in [-0.3, -0.25) is 0 Å². The molecule has 9 heteroatoms. The van der Waals surface area contributed by atoms with Crippen LogP contribution in [0.4, 0.5) is 9.59 Å². The largest absolute Gasteiger partial charge is 0.448 e. The Morgan fingerprint density at radius 1 is 1.39 bits per heavy atom. The minimum Gasteiger partial charge on any atom is -0.448 e. The van der Waals surface area contributed by atoms with Gasteiger partial charge < -0.3 is 15.8 Å². The molecule has 3 amide bonds. The van der Waals surface area contributed by atoms with Crippen LogP contribution >= 0.6 is 23.2 Å². The molecule has 0 aromatic heterocycles. The van der Waals surface area contributed by atoms with Gasteiger partial charge in [0.1, 0.15) is 6.61 Å². The summed E-state index contributed by atoms with van der Waals surface area (Å²) >= 11 is 11.7. The molecule has 0 fully saturated rings. The molecule has 23 heavy (non-hydrogen) atoms. The van der Waals surface area contributed by atoms with Crippen LogP contribution in [-0.4, -0.2) is 42.5 Å². The SMILES string of the molecule is CC(C)NC(=O)OCCN(/N=C/c1ccc(Cl)c(Cl)c1)C(N)=O. The van der Waals surface area contributed by atoms with E-state index < -0.39 is 12.1 Å². The minimum atomic E-state index is -0.769. The molecule has 0 unspecified atom stereocenters. The molecule has 0 heterocycles. The lowest BCUT2D eigenvalue weighted by Crippen LogP contribution is -2.36. The number of carbonyl (C=O) groups is 2. The van der Waals surface area contributed by atoms with Crippen LogP contribution in [0.15, 0.2) is 23.3 Å². The fraction of sp³-hybridized carbons (Fsp3) is 0.357. The topological polar surface area (TPSA) is 97.0 Å². The molecule has 126 valence electrons. The van der Waals surface area contributed by atoms with E-state index in [0.717, 1.165) is 5.01 Å². The van der Waals surface area contributed by atoms with Crippen molar-refractivity contribution >= 4 is 41.5 Å². The fourth-order valence-corrected chi connectivity index (χ4v) is 1.76. The summed E-state index contributed by atoms with van der Waals surface area (Å²) in [5.41, 5.74) is 5.87. The lowest BCUT2D eigenvalue weighted by atomic mass is 10.2. The molecule has 0 spiro atoms. The van der Waals surface area contributed by atoms with E-state index in [1.807, 2.05) is 0 Å². The van der Waals surface area contributed by atoms with E-state index >= 15 is 0 Å². The number of primary amides is 1. The highest BCUT2D eigenvalue weighted by atomic mass is 35.5. The Bertz CT molecular complexity index is 593. The summed E-state index contributed by atoms with van der Waals surface area (Å²) in [5.74, 6) is 0. The Kier molecular flexibility index (Phi) is 7.64. The molecule has 0 radical (unpaired) electrons. The Morgan fingerprint density at radius 2 is 2.09 bits per heavy atom. The number of rotatable bonds is 6. The smallest absolute Gasteiger partial charge is 0.407 e. The maximum atomic E-state index is 11.3. The van der Waals surface area contributed by atoms with E-state index in [1.54, 1.807) is 32.0 Å². The van der Waals surface area contributed by atoms with E-state index in [2.05, 4.69) is 10.4 Å². The number of hydrazone groups is 1. The molecule has 3 N–H and O–H groups in total. The summed E-state index contributed by atoms with van der Waals surface area (Å²) in [7, 11) is 0. The number of halogens is 2. The van der Waals surface area contributed by atoms with Gasteiger partial charge in [0.05, 0.1) is 22.8 Å². The predicted molar refractivity (Wildman–Crippen MR) is 90.0 cm³/mol. The lowest BCUT2D eigenvalue weighted by Gasteiger charge is -2.15. The summed E-state index contributed by atoms with van der Waals surface area (Å²) in [6.07, 6.45) is 0.833. The Hall–Kier alpha value is -1.99. The standard InChI is InChI=1S/C14H18Cl2N4O3/c1-9(2)19-14(22)23-6-5-20(13(17)21)18-8-10-3-4-11(15)12(16)7-10/h3-4,7-9H,5-6H2,1-2H3,(H2,17,21)(H,19,22)/b18-8+. The van der Waals surface area contributed by atoms with Crippen LogP contribution in [0.2, 0.25) is 10.0 Å². The van der Waals surface area contributed by atoms with Gasteiger partial charge in [-0.05, 0) is 31.5 Å². The van der Waals surface area contributed by atoms with Crippen molar-refractivity contribution in [2.24, 2.45) is 10.8 Å². The Balaban J connectivity index is 2.58. The van der Waals surface area contributed by atoms with Crippen LogP contribution in [-0.2, 0) is 4.74 Å². The van der Waals surface area contributed by atoms with Gasteiger partial charge in [-0.2, -0.15) is 5.10 Å². The number of carbonyl (C=O) groups excluding carboxylic acids is 2.